The first-order chi connectivity index (χ1) is 9.77. The van der Waals surface area contributed by atoms with E-state index in [-0.39, 0.29) is 5.69 Å². The summed E-state index contributed by atoms with van der Waals surface area (Å²) in [5, 5.41) is 8.44. The van der Waals surface area contributed by atoms with Crippen molar-refractivity contribution in [3.05, 3.63) is 60.6 Å². The summed E-state index contributed by atoms with van der Waals surface area (Å²) in [6.07, 6.45) is 0. The zero-order valence-electron chi connectivity index (χ0n) is 9.98. The van der Waals surface area contributed by atoms with Crippen LogP contribution in [0.2, 0.25) is 0 Å². The monoisotopic (exact) mass is 367 g/mol. The van der Waals surface area contributed by atoms with Gasteiger partial charge in [0.15, 0.2) is 0 Å². The molecule has 5 nitrogen and oxygen atoms in total. The van der Waals surface area contributed by atoms with E-state index in [1.54, 1.807) is 18.2 Å². The molecule has 0 saturated carbocycles. The highest BCUT2D eigenvalue weighted by molar-refractivity contribution is 6.69. The number of nitro benzene ring substituents is 1. The number of ketones is 2. The molecule has 0 radical (unpaired) electrons. The van der Waals surface area contributed by atoms with Crippen LogP contribution in [0.3, 0.4) is 0 Å². The maximum atomic E-state index is 11.0. The molecule has 0 bridgehead atoms. The highest BCUT2D eigenvalue weighted by Gasteiger charge is 2.31. The van der Waals surface area contributed by atoms with Crippen LogP contribution in [0.1, 0.15) is 0 Å². The number of carbonyl (C=O) groups excluding carboxylic acids is 2. The van der Waals surface area contributed by atoms with Crippen molar-refractivity contribution in [2.45, 2.75) is 0 Å². The number of nitro groups is 1. The summed E-state index contributed by atoms with van der Waals surface area (Å²) in [6.45, 7) is 0. The van der Waals surface area contributed by atoms with Gasteiger partial charge >= 0.3 is 0 Å². The highest BCUT2D eigenvalue weighted by atomic mass is 35.5. The van der Waals surface area contributed by atoms with Gasteiger partial charge in [-0.2, -0.15) is 0 Å². The molecule has 110 valence electrons. The lowest BCUT2D eigenvalue weighted by molar-refractivity contribution is -0.384. The topological polar surface area (TPSA) is 77.3 Å². The zero-order chi connectivity index (χ0) is 16.2. The minimum Gasteiger partial charge on any atom is -0.286 e. The van der Waals surface area contributed by atoms with Crippen molar-refractivity contribution in [1.82, 2.24) is 0 Å². The normalized spacial score (nSPS) is 14.9. The maximum absolute atomic E-state index is 11.0. The Bertz CT molecular complexity index is 605. The lowest BCUT2D eigenvalue weighted by atomic mass is 10.1. The minimum absolute atomic E-state index is 0.137. The molecule has 2 rings (SSSR count). The summed E-state index contributed by atoms with van der Waals surface area (Å²) < 4.78 is 0. The number of hydrogen-bond donors (Lipinski definition) is 0. The molecule has 0 N–H and O–H groups in total. The SMILES string of the molecule is O=C1C(Cl)=C(Cl)C(=O)C(Cl)=C1Cl.O=[N+]([O-])c1ccccc1. The van der Waals surface area contributed by atoms with Gasteiger partial charge in [0, 0.05) is 12.1 Å². The van der Waals surface area contributed by atoms with Crippen LogP contribution in [-0.4, -0.2) is 16.5 Å². The fourth-order valence-corrected chi connectivity index (χ4v) is 1.96. The van der Waals surface area contributed by atoms with Crippen molar-refractivity contribution >= 4 is 63.7 Å². The number of para-hydroxylation sites is 1. The van der Waals surface area contributed by atoms with Crippen LogP contribution in [0.25, 0.3) is 0 Å². The van der Waals surface area contributed by atoms with Gasteiger partial charge < -0.3 is 0 Å². The predicted octanol–water partition coefficient (Wildman–Crippen LogP) is 4.11. The smallest absolute Gasteiger partial charge is 0.269 e. The van der Waals surface area contributed by atoms with Gasteiger partial charge in [-0.3, -0.25) is 19.7 Å². The number of halogens is 4. The van der Waals surface area contributed by atoms with Crippen molar-refractivity contribution in [3.8, 4) is 0 Å². The van der Waals surface area contributed by atoms with E-state index in [0.29, 0.717) is 0 Å². The van der Waals surface area contributed by atoms with E-state index in [9.17, 15) is 19.7 Å². The van der Waals surface area contributed by atoms with Crippen molar-refractivity contribution in [2.75, 3.05) is 0 Å². The van der Waals surface area contributed by atoms with E-state index in [4.69, 9.17) is 46.4 Å². The first-order valence-electron chi connectivity index (χ1n) is 5.16. The second kappa shape index (κ2) is 7.56. The van der Waals surface area contributed by atoms with Crippen LogP contribution >= 0.6 is 46.4 Å². The number of Topliss-reactive ketones (excluding diaryl/α,β-unsaturated/α-hetero) is 2. The van der Waals surface area contributed by atoms with Gasteiger partial charge in [-0.05, 0) is 0 Å². The summed E-state index contributed by atoms with van der Waals surface area (Å²) in [5.74, 6) is -1.46. The molecule has 0 spiro atoms. The highest BCUT2D eigenvalue weighted by Crippen LogP contribution is 2.32. The van der Waals surface area contributed by atoms with Crippen LogP contribution in [0.5, 0.6) is 0 Å². The van der Waals surface area contributed by atoms with E-state index in [1.807, 2.05) is 0 Å². The number of hydrogen-bond acceptors (Lipinski definition) is 4. The molecular weight excluding hydrogens is 364 g/mol. The summed E-state index contributed by atoms with van der Waals surface area (Å²) in [4.78, 5) is 31.6. The number of nitrogens with zero attached hydrogens (tertiary/aromatic N) is 1. The van der Waals surface area contributed by atoms with Crippen LogP contribution < -0.4 is 0 Å². The number of allylic oxidation sites excluding steroid dienone is 4. The molecule has 1 aliphatic carbocycles. The molecule has 0 saturated heterocycles. The Balaban J connectivity index is 0.000000219. The van der Waals surface area contributed by atoms with Crippen LogP contribution in [0.15, 0.2) is 50.5 Å². The van der Waals surface area contributed by atoms with Gasteiger partial charge in [-0.25, -0.2) is 0 Å². The molecule has 0 atom stereocenters. The molecule has 9 heteroatoms. The first-order valence-corrected chi connectivity index (χ1v) is 6.68. The van der Waals surface area contributed by atoms with Crippen molar-refractivity contribution < 1.29 is 14.5 Å². The second-order valence-corrected chi connectivity index (χ2v) is 5.02. The Morgan fingerprint density at radius 3 is 1.33 bits per heavy atom. The lowest BCUT2D eigenvalue weighted by Crippen LogP contribution is -2.14. The number of benzene rings is 1. The molecule has 0 aliphatic heterocycles. The van der Waals surface area contributed by atoms with E-state index in [0.717, 1.165) is 0 Å². The molecular formula is C12H5Cl4NO4. The maximum Gasteiger partial charge on any atom is 0.269 e. The fourth-order valence-electron chi connectivity index (χ4n) is 1.14. The average Bonchev–Trinajstić information content (AvgIpc) is 2.50. The Morgan fingerprint density at radius 2 is 1.10 bits per heavy atom. The Morgan fingerprint density at radius 1 is 0.762 bits per heavy atom. The molecule has 1 aromatic rings. The fraction of sp³-hybridized carbons (Fsp3) is 0. The van der Waals surface area contributed by atoms with E-state index >= 15 is 0 Å². The van der Waals surface area contributed by atoms with E-state index in [1.165, 1.54) is 12.1 Å². The third kappa shape index (κ3) is 4.28. The largest absolute Gasteiger partial charge is 0.286 e. The van der Waals surface area contributed by atoms with Crippen molar-refractivity contribution in [3.63, 3.8) is 0 Å². The van der Waals surface area contributed by atoms with Gasteiger partial charge in [-0.1, -0.05) is 64.6 Å². The minimum atomic E-state index is -0.729. The lowest BCUT2D eigenvalue weighted by Gasteiger charge is -2.08. The number of carbonyl (C=O) groups is 2. The summed E-state index contributed by atoms with van der Waals surface area (Å²) in [5.41, 5.74) is 0.137. The zero-order valence-corrected chi connectivity index (χ0v) is 13.0. The van der Waals surface area contributed by atoms with E-state index < -0.39 is 36.6 Å². The van der Waals surface area contributed by atoms with Crippen LogP contribution in [0, 0.1) is 10.1 Å². The Kier molecular flexibility index (Phi) is 6.36. The predicted molar refractivity (Wildman–Crippen MR) is 80.6 cm³/mol. The Labute approximate surface area is 138 Å². The van der Waals surface area contributed by atoms with Gasteiger partial charge in [0.1, 0.15) is 20.1 Å². The molecule has 21 heavy (non-hydrogen) atoms. The average molecular weight is 369 g/mol. The molecule has 0 fully saturated rings. The Hall–Kier alpha value is -1.40. The molecule has 0 aromatic heterocycles. The standard InChI is InChI=1S/C6Cl4O2.C6H5NO2/c7-1-2(8)6(12)4(10)3(9)5(1)11;8-7(9)6-4-2-1-3-5-6/h;1-5H. The van der Waals surface area contributed by atoms with Crippen molar-refractivity contribution in [2.24, 2.45) is 0 Å². The summed E-state index contributed by atoms with van der Waals surface area (Å²) in [7, 11) is 0. The molecule has 0 amide bonds. The molecule has 0 unspecified atom stereocenters. The quantitative estimate of drug-likeness (QED) is 0.424. The van der Waals surface area contributed by atoms with Gasteiger partial charge in [-0.15, -0.1) is 0 Å². The van der Waals surface area contributed by atoms with Gasteiger partial charge in [0.05, 0.1) is 4.92 Å². The number of rotatable bonds is 1. The first kappa shape index (κ1) is 17.7. The summed E-state index contributed by atoms with van der Waals surface area (Å²) >= 11 is 21.5. The van der Waals surface area contributed by atoms with E-state index in [2.05, 4.69) is 0 Å². The third-order valence-electron chi connectivity index (χ3n) is 2.15. The third-order valence-corrected chi connectivity index (χ3v) is 3.79. The van der Waals surface area contributed by atoms with Crippen LogP contribution in [0.4, 0.5) is 5.69 Å². The summed E-state index contributed by atoms with van der Waals surface area (Å²) in [6, 6.07) is 7.93. The molecule has 1 aliphatic rings. The number of non-ortho nitro benzene ring substituents is 1. The molecule has 1 aromatic carbocycles. The second-order valence-electron chi connectivity index (χ2n) is 3.51. The van der Waals surface area contributed by atoms with Gasteiger partial charge in [0.25, 0.3) is 5.69 Å². The molecule has 0 heterocycles. The van der Waals surface area contributed by atoms with Crippen LogP contribution in [-0.2, 0) is 9.59 Å². The van der Waals surface area contributed by atoms with Crippen molar-refractivity contribution in [1.29, 1.82) is 0 Å². The van der Waals surface area contributed by atoms with Gasteiger partial charge in [0.2, 0.25) is 11.6 Å².